The van der Waals surface area contributed by atoms with Crippen LogP contribution in [0.3, 0.4) is 0 Å². The minimum atomic E-state index is -0.826. The molecule has 0 radical (unpaired) electrons. The van der Waals surface area contributed by atoms with E-state index in [4.69, 9.17) is 19.9 Å². The highest BCUT2D eigenvalue weighted by Gasteiger charge is 2.31. The van der Waals surface area contributed by atoms with Gasteiger partial charge in [-0.1, -0.05) is 62.9 Å². The SMILES string of the molecule is CCCCCCCOc1ccc(C2C(C#N)=C(N)Oc3cc(OC(=O)c4ccccc4F)ccc32)cc1. The molecular weight excluding hydrogens is 471 g/mol. The highest BCUT2D eigenvalue weighted by molar-refractivity contribution is 5.91. The van der Waals surface area contributed by atoms with Crippen LogP contribution in [-0.4, -0.2) is 12.6 Å². The molecule has 0 fully saturated rings. The van der Waals surface area contributed by atoms with Crippen LogP contribution in [0.4, 0.5) is 4.39 Å². The monoisotopic (exact) mass is 500 g/mol. The first kappa shape index (κ1) is 25.8. The molecule has 37 heavy (non-hydrogen) atoms. The lowest BCUT2D eigenvalue weighted by Crippen LogP contribution is -2.21. The number of ether oxygens (including phenoxy) is 3. The number of carbonyl (C=O) groups is 1. The van der Waals surface area contributed by atoms with Crippen molar-refractivity contribution in [2.24, 2.45) is 5.73 Å². The predicted octanol–water partition coefficient (Wildman–Crippen LogP) is 6.61. The third-order valence-electron chi connectivity index (χ3n) is 6.22. The minimum absolute atomic E-state index is 0.0232. The van der Waals surface area contributed by atoms with E-state index in [1.807, 2.05) is 24.3 Å². The van der Waals surface area contributed by atoms with E-state index in [-0.39, 0.29) is 22.8 Å². The summed E-state index contributed by atoms with van der Waals surface area (Å²) in [7, 11) is 0. The smallest absolute Gasteiger partial charge is 0.346 e. The van der Waals surface area contributed by atoms with Crippen molar-refractivity contribution in [3.05, 3.63) is 101 Å². The summed E-state index contributed by atoms with van der Waals surface area (Å²) in [5.41, 5.74) is 7.74. The first-order chi connectivity index (χ1) is 18.0. The topological polar surface area (TPSA) is 94.6 Å². The van der Waals surface area contributed by atoms with Crippen molar-refractivity contribution < 1.29 is 23.4 Å². The van der Waals surface area contributed by atoms with E-state index >= 15 is 0 Å². The van der Waals surface area contributed by atoms with E-state index in [1.165, 1.54) is 43.5 Å². The summed E-state index contributed by atoms with van der Waals surface area (Å²) in [6.45, 7) is 2.85. The molecule has 0 bridgehead atoms. The van der Waals surface area contributed by atoms with Gasteiger partial charge in [-0.05, 0) is 42.3 Å². The zero-order valence-corrected chi connectivity index (χ0v) is 20.7. The van der Waals surface area contributed by atoms with Gasteiger partial charge in [0.25, 0.3) is 0 Å². The lowest BCUT2D eigenvalue weighted by molar-refractivity contribution is 0.0729. The molecule has 190 valence electrons. The van der Waals surface area contributed by atoms with Crippen LogP contribution in [0.2, 0.25) is 0 Å². The van der Waals surface area contributed by atoms with Crippen molar-refractivity contribution in [3.8, 4) is 23.3 Å². The van der Waals surface area contributed by atoms with Crippen LogP contribution >= 0.6 is 0 Å². The number of fused-ring (bicyclic) bond motifs is 1. The fourth-order valence-corrected chi connectivity index (χ4v) is 4.28. The second kappa shape index (κ2) is 12.1. The maximum absolute atomic E-state index is 14.0. The van der Waals surface area contributed by atoms with Crippen molar-refractivity contribution in [3.63, 3.8) is 0 Å². The van der Waals surface area contributed by atoms with E-state index < -0.39 is 17.7 Å². The Labute approximate surface area is 216 Å². The fourth-order valence-electron chi connectivity index (χ4n) is 4.28. The summed E-state index contributed by atoms with van der Waals surface area (Å²) in [6.07, 6.45) is 5.83. The van der Waals surface area contributed by atoms with Crippen LogP contribution < -0.4 is 19.9 Å². The lowest BCUT2D eigenvalue weighted by Gasteiger charge is -2.26. The van der Waals surface area contributed by atoms with Crippen molar-refractivity contribution in [1.82, 2.24) is 0 Å². The van der Waals surface area contributed by atoms with Crippen LogP contribution in [0.15, 0.2) is 78.2 Å². The van der Waals surface area contributed by atoms with Gasteiger partial charge in [-0.3, -0.25) is 0 Å². The van der Waals surface area contributed by atoms with Crippen LogP contribution in [0.5, 0.6) is 17.2 Å². The minimum Gasteiger partial charge on any atom is -0.494 e. The Kier molecular flexibility index (Phi) is 8.42. The maximum atomic E-state index is 14.0. The first-order valence-electron chi connectivity index (χ1n) is 12.4. The third kappa shape index (κ3) is 6.10. The van der Waals surface area contributed by atoms with Crippen LogP contribution in [-0.2, 0) is 0 Å². The largest absolute Gasteiger partial charge is 0.494 e. The molecule has 0 saturated heterocycles. The molecule has 6 nitrogen and oxygen atoms in total. The highest BCUT2D eigenvalue weighted by atomic mass is 19.1. The summed E-state index contributed by atoms with van der Waals surface area (Å²) < 4.78 is 30.9. The summed E-state index contributed by atoms with van der Waals surface area (Å²) in [5.74, 6) is -0.700. The molecule has 0 saturated carbocycles. The molecule has 1 heterocycles. The molecule has 2 N–H and O–H groups in total. The number of halogens is 1. The van der Waals surface area contributed by atoms with Gasteiger partial charge in [0.05, 0.1) is 18.1 Å². The number of nitrogens with two attached hydrogens (primary N) is 1. The average Bonchev–Trinajstić information content (AvgIpc) is 2.90. The van der Waals surface area contributed by atoms with E-state index in [9.17, 15) is 14.4 Å². The van der Waals surface area contributed by atoms with Crippen LogP contribution in [0.25, 0.3) is 0 Å². The Morgan fingerprint density at radius 3 is 2.49 bits per heavy atom. The molecule has 1 aliphatic rings. The Morgan fingerprint density at radius 2 is 1.76 bits per heavy atom. The Morgan fingerprint density at radius 1 is 1.03 bits per heavy atom. The third-order valence-corrected chi connectivity index (χ3v) is 6.22. The van der Waals surface area contributed by atoms with Gasteiger partial charge in [-0.15, -0.1) is 0 Å². The number of esters is 1. The molecule has 0 spiro atoms. The van der Waals surface area contributed by atoms with Gasteiger partial charge in [-0.2, -0.15) is 5.26 Å². The summed E-state index contributed by atoms with van der Waals surface area (Å²) in [5, 5.41) is 9.81. The van der Waals surface area contributed by atoms with Gasteiger partial charge in [0.1, 0.15) is 34.7 Å². The molecule has 1 atom stereocenters. The quantitative estimate of drug-likeness (QED) is 0.191. The Balaban J connectivity index is 1.52. The summed E-state index contributed by atoms with van der Waals surface area (Å²) in [6, 6.07) is 20.1. The highest BCUT2D eigenvalue weighted by Crippen LogP contribution is 2.43. The van der Waals surface area contributed by atoms with Gasteiger partial charge in [0.2, 0.25) is 5.88 Å². The van der Waals surface area contributed by atoms with Crippen molar-refractivity contribution in [2.45, 2.75) is 44.9 Å². The number of rotatable bonds is 10. The van der Waals surface area contributed by atoms with Crippen LogP contribution in [0.1, 0.15) is 66.4 Å². The zero-order valence-electron chi connectivity index (χ0n) is 20.7. The summed E-state index contributed by atoms with van der Waals surface area (Å²) in [4.78, 5) is 12.4. The number of carbonyl (C=O) groups excluding carboxylic acids is 1. The normalized spacial score (nSPS) is 14.4. The van der Waals surface area contributed by atoms with E-state index in [0.717, 1.165) is 24.2 Å². The molecule has 3 aromatic carbocycles. The maximum Gasteiger partial charge on any atom is 0.346 e. The molecule has 0 aromatic heterocycles. The predicted molar refractivity (Wildman–Crippen MR) is 138 cm³/mol. The van der Waals surface area contributed by atoms with Crippen molar-refractivity contribution in [2.75, 3.05) is 6.61 Å². The number of nitrogens with zero attached hydrogens (tertiary/aromatic N) is 1. The number of benzene rings is 3. The number of nitriles is 1. The first-order valence-corrected chi connectivity index (χ1v) is 12.4. The number of hydrogen-bond acceptors (Lipinski definition) is 6. The molecule has 0 amide bonds. The van der Waals surface area contributed by atoms with Crippen molar-refractivity contribution in [1.29, 1.82) is 5.26 Å². The van der Waals surface area contributed by atoms with Gasteiger partial charge < -0.3 is 19.9 Å². The van der Waals surface area contributed by atoms with Crippen LogP contribution in [0, 0.1) is 17.1 Å². The van der Waals surface area contributed by atoms with Gasteiger partial charge >= 0.3 is 5.97 Å². The molecular formula is C30H29FN2O4. The van der Waals surface area contributed by atoms with E-state index in [1.54, 1.807) is 18.2 Å². The van der Waals surface area contributed by atoms with Gasteiger partial charge in [-0.25, -0.2) is 9.18 Å². The van der Waals surface area contributed by atoms with E-state index in [0.29, 0.717) is 17.9 Å². The standard InChI is InChI=1S/C30H29FN2O4/c1-2-3-4-5-8-17-35-21-13-11-20(12-14-21)28-24-16-15-22(18-27(24)37-29(33)25(28)19-32)36-30(34)23-9-6-7-10-26(23)31/h6-7,9-16,18,28H,2-5,8,17,33H2,1H3. The molecule has 1 unspecified atom stereocenters. The number of unbranched alkanes of at least 4 members (excludes halogenated alkanes) is 4. The van der Waals surface area contributed by atoms with Gasteiger partial charge in [0, 0.05) is 11.6 Å². The van der Waals surface area contributed by atoms with Gasteiger partial charge in [0.15, 0.2) is 0 Å². The molecule has 4 rings (SSSR count). The van der Waals surface area contributed by atoms with Crippen molar-refractivity contribution >= 4 is 5.97 Å². The Hall–Kier alpha value is -4.31. The lowest BCUT2D eigenvalue weighted by atomic mass is 9.83. The fraction of sp³-hybridized carbons (Fsp3) is 0.267. The van der Waals surface area contributed by atoms with E-state index in [2.05, 4.69) is 13.0 Å². The average molecular weight is 501 g/mol. The Bertz CT molecular complexity index is 1330. The zero-order chi connectivity index (χ0) is 26.2. The second-order valence-electron chi connectivity index (χ2n) is 8.83. The second-order valence-corrected chi connectivity index (χ2v) is 8.83. The number of hydrogen-bond donors (Lipinski definition) is 1. The number of allylic oxidation sites excluding steroid dienone is 1. The summed E-state index contributed by atoms with van der Waals surface area (Å²) >= 11 is 0. The molecule has 1 aliphatic heterocycles. The molecule has 0 aliphatic carbocycles. The molecule has 3 aromatic rings. The molecule has 7 heteroatoms.